The van der Waals surface area contributed by atoms with Crippen LogP contribution in [0.4, 0.5) is 5.69 Å². The maximum Gasteiger partial charge on any atom is 0.274 e. The van der Waals surface area contributed by atoms with E-state index in [1.54, 1.807) is 47.8 Å². The normalized spacial score (nSPS) is 13.1. The Labute approximate surface area is 181 Å². The predicted octanol–water partition coefficient (Wildman–Crippen LogP) is 4.04. The van der Waals surface area contributed by atoms with Crippen LogP contribution in [0.3, 0.4) is 0 Å². The largest absolute Gasteiger partial charge is 0.321 e. The van der Waals surface area contributed by atoms with Gasteiger partial charge in [-0.2, -0.15) is 0 Å². The number of carbonyl (C=O) groups is 1. The predicted molar refractivity (Wildman–Crippen MR) is 120 cm³/mol. The van der Waals surface area contributed by atoms with Crippen molar-refractivity contribution in [1.82, 2.24) is 19.4 Å². The molecule has 3 N–H and O–H groups in total. The van der Waals surface area contributed by atoms with Gasteiger partial charge in [-0.3, -0.25) is 20.6 Å². The van der Waals surface area contributed by atoms with E-state index in [9.17, 15) is 4.79 Å². The maximum atomic E-state index is 12.8. The first-order valence-electron chi connectivity index (χ1n) is 10.3. The van der Waals surface area contributed by atoms with E-state index in [0.717, 1.165) is 17.7 Å². The highest BCUT2D eigenvalue weighted by Gasteiger charge is 2.25. The van der Waals surface area contributed by atoms with Gasteiger partial charge in [0.05, 0.1) is 24.0 Å². The second kappa shape index (κ2) is 8.51. The van der Waals surface area contributed by atoms with Crippen molar-refractivity contribution in [1.29, 1.82) is 10.8 Å². The van der Waals surface area contributed by atoms with Crippen molar-refractivity contribution in [3.8, 4) is 5.69 Å². The molecule has 8 nitrogen and oxygen atoms in total. The molecule has 0 radical (unpaired) electrons. The smallest absolute Gasteiger partial charge is 0.274 e. The Bertz CT molecular complexity index is 1130. The number of aromatic nitrogens is 3. The van der Waals surface area contributed by atoms with Crippen molar-refractivity contribution >= 4 is 23.8 Å². The van der Waals surface area contributed by atoms with Gasteiger partial charge < -0.3 is 14.8 Å². The number of anilines is 1. The summed E-state index contributed by atoms with van der Waals surface area (Å²) in [6, 6.07) is 10.6. The molecule has 2 heterocycles. The van der Waals surface area contributed by atoms with E-state index in [0.29, 0.717) is 22.9 Å². The number of amides is 1. The van der Waals surface area contributed by atoms with Crippen LogP contribution in [0, 0.1) is 10.8 Å². The molecule has 0 bridgehead atoms. The van der Waals surface area contributed by atoms with Crippen LogP contribution in [-0.4, -0.2) is 43.6 Å². The van der Waals surface area contributed by atoms with Crippen LogP contribution in [0.25, 0.3) is 5.69 Å². The quantitative estimate of drug-likeness (QED) is 0.399. The first-order valence-corrected chi connectivity index (χ1v) is 10.3. The number of hydrogen-bond donors (Lipinski definition) is 3. The lowest BCUT2D eigenvalue weighted by Crippen LogP contribution is -2.35. The second-order valence-corrected chi connectivity index (χ2v) is 7.89. The lowest BCUT2D eigenvalue weighted by atomic mass is 10.1. The third-order valence-corrected chi connectivity index (χ3v) is 5.22. The van der Waals surface area contributed by atoms with E-state index < -0.39 is 0 Å². The van der Waals surface area contributed by atoms with E-state index in [-0.39, 0.29) is 17.8 Å². The van der Waals surface area contributed by atoms with Crippen LogP contribution in [0.5, 0.6) is 0 Å². The Morgan fingerprint density at radius 1 is 1.26 bits per heavy atom. The van der Waals surface area contributed by atoms with E-state index >= 15 is 0 Å². The summed E-state index contributed by atoms with van der Waals surface area (Å²) in [5.74, 6) is 0.435. The fourth-order valence-electron chi connectivity index (χ4n) is 3.33. The summed E-state index contributed by atoms with van der Waals surface area (Å²) in [5.41, 5.74) is 3.38. The molecule has 0 atom stereocenters. The van der Waals surface area contributed by atoms with Crippen molar-refractivity contribution in [2.45, 2.75) is 38.6 Å². The summed E-state index contributed by atoms with van der Waals surface area (Å²) in [4.78, 5) is 23.0. The average molecular weight is 416 g/mol. The highest BCUT2D eigenvalue weighted by atomic mass is 16.1. The van der Waals surface area contributed by atoms with Crippen molar-refractivity contribution < 1.29 is 4.79 Å². The molecule has 1 amide bonds. The lowest BCUT2D eigenvalue weighted by Gasteiger charge is -2.24. The Hall–Kier alpha value is -3.81. The number of rotatable bonds is 7. The van der Waals surface area contributed by atoms with Gasteiger partial charge in [0.25, 0.3) is 5.91 Å². The summed E-state index contributed by atoms with van der Waals surface area (Å²) >= 11 is 0. The number of nitrogens with zero attached hydrogens (tertiary/aromatic N) is 4. The zero-order valence-corrected chi connectivity index (χ0v) is 17.5. The molecule has 1 aromatic carbocycles. The van der Waals surface area contributed by atoms with Gasteiger partial charge in [-0.1, -0.05) is 12.1 Å². The minimum absolute atomic E-state index is 0.0150. The molecule has 0 saturated heterocycles. The fourth-order valence-corrected chi connectivity index (χ4v) is 3.33. The van der Waals surface area contributed by atoms with Crippen LogP contribution in [0.1, 0.15) is 54.4 Å². The van der Waals surface area contributed by atoms with Gasteiger partial charge in [-0.25, -0.2) is 4.98 Å². The molecule has 0 aliphatic heterocycles. The highest BCUT2D eigenvalue weighted by molar-refractivity contribution is 6.05. The minimum atomic E-state index is -0.333. The Balaban J connectivity index is 1.50. The summed E-state index contributed by atoms with van der Waals surface area (Å²) in [5, 5.41) is 18.8. The lowest BCUT2D eigenvalue weighted by molar-refractivity contribution is 0.102. The van der Waals surface area contributed by atoms with E-state index in [2.05, 4.69) is 15.3 Å². The third kappa shape index (κ3) is 4.53. The number of nitrogens with one attached hydrogen (secondary N) is 3. The molecule has 1 aliphatic rings. The zero-order valence-electron chi connectivity index (χ0n) is 17.5. The van der Waals surface area contributed by atoms with Gasteiger partial charge in [-0.15, -0.1) is 0 Å². The molecular weight excluding hydrogens is 390 g/mol. The minimum Gasteiger partial charge on any atom is -0.321 e. The molecule has 0 spiro atoms. The van der Waals surface area contributed by atoms with Gasteiger partial charge in [0.2, 0.25) is 0 Å². The van der Waals surface area contributed by atoms with Gasteiger partial charge in [0, 0.05) is 35.6 Å². The zero-order chi connectivity index (χ0) is 22.0. The average Bonchev–Trinajstić information content (AvgIpc) is 3.50. The van der Waals surface area contributed by atoms with Crippen molar-refractivity contribution in [2.75, 3.05) is 5.32 Å². The van der Waals surface area contributed by atoms with Crippen molar-refractivity contribution in [3.63, 3.8) is 0 Å². The first kappa shape index (κ1) is 20.5. The molecule has 0 unspecified atom stereocenters. The number of imidazole rings is 1. The molecular formula is C23H25N7O. The molecule has 1 fully saturated rings. The number of pyridine rings is 1. The van der Waals surface area contributed by atoms with Crippen LogP contribution in [0.2, 0.25) is 0 Å². The van der Waals surface area contributed by atoms with Crippen LogP contribution >= 0.6 is 0 Å². The monoisotopic (exact) mass is 415 g/mol. The molecule has 1 saturated carbocycles. The molecule has 158 valence electrons. The Morgan fingerprint density at radius 2 is 2.06 bits per heavy atom. The summed E-state index contributed by atoms with van der Waals surface area (Å²) in [7, 11) is 0. The number of amidine groups is 1. The van der Waals surface area contributed by atoms with Gasteiger partial charge in [-0.05, 0) is 51.0 Å². The Morgan fingerprint density at radius 3 is 2.77 bits per heavy atom. The summed E-state index contributed by atoms with van der Waals surface area (Å²) in [6.45, 7) is 3.83. The van der Waals surface area contributed by atoms with E-state index in [1.165, 1.54) is 12.8 Å². The number of hydrogen-bond acceptors (Lipinski definition) is 5. The highest BCUT2D eigenvalue weighted by Crippen LogP contribution is 2.39. The number of carbonyl (C=O) groups excluding carboxylic acids is 1. The molecule has 2 aromatic heterocycles. The van der Waals surface area contributed by atoms with Crippen molar-refractivity contribution in [3.05, 3.63) is 72.1 Å². The standard InChI is InChI=1S/C23H25N7O/c1-15(2)30(13-24)22(25)17-4-3-5-18(10-17)28-23(31)20-11-19(8-9-26-20)29-12-21(27-14-29)16-6-7-16/h3-5,8-16,24-25H,6-7H2,1-2H3,(H,28,31). The molecule has 3 aromatic rings. The molecule has 4 rings (SSSR count). The van der Waals surface area contributed by atoms with E-state index in [4.69, 9.17) is 10.8 Å². The second-order valence-electron chi connectivity index (χ2n) is 7.89. The molecule has 8 heteroatoms. The first-order chi connectivity index (χ1) is 15.0. The van der Waals surface area contributed by atoms with Gasteiger partial charge in [0.1, 0.15) is 11.5 Å². The maximum absolute atomic E-state index is 12.8. The third-order valence-electron chi connectivity index (χ3n) is 5.22. The van der Waals surface area contributed by atoms with Gasteiger partial charge >= 0.3 is 0 Å². The van der Waals surface area contributed by atoms with Crippen LogP contribution < -0.4 is 5.32 Å². The summed E-state index contributed by atoms with van der Waals surface area (Å²) < 4.78 is 1.91. The fraction of sp³-hybridized carbons (Fsp3) is 0.261. The topological polar surface area (TPSA) is 111 Å². The van der Waals surface area contributed by atoms with Gasteiger partial charge in [0.15, 0.2) is 0 Å². The van der Waals surface area contributed by atoms with Crippen LogP contribution in [0.15, 0.2) is 55.1 Å². The Kier molecular flexibility index (Phi) is 5.62. The number of benzene rings is 1. The van der Waals surface area contributed by atoms with Crippen LogP contribution in [-0.2, 0) is 0 Å². The van der Waals surface area contributed by atoms with Crippen molar-refractivity contribution in [2.24, 2.45) is 0 Å². The van der Waals surface area contributed by atoms with E-state index in [1.807, 2.05) is 30.7 Å². The molecule has 31 heavy (non-hydrogen) atoms. The molecule has 1 aliphatic carbocycles. The summed E-state index contributed by atoms with van der Waals surface area (Å²) in [6.07, 6.45) is 8.89. The SMILES string of the molecule is CC(C)N(C=N)C(=N)c1cccc(NC(=O)c2cc(-n3cnc(C4CC4)c3)ccn2)c1.